The first-order valence-corrected chi connectivity index (χ1v) is 8.36. The van der Waals surface area contributed by atoms with E-state index in [0.717, 1.165) is 5.56 Å². The summed E-state index contributed by atoms with van der Waals surface area (Å²) in [4.78, 5) is 0.307. The van der Waals surface area contributed by atoms with Crippen LogP contribution in [-0.2, 0) is 10.0 Å². The Balaban J connectivity index is 3.11. The van der Waals surface area contributed by atoms with Crippen molar-refractivity contribution in [3.05, 3.63) is 66.8 Å². The fraction of sp³-hybridized carbons (Fsp3) is 0.294. The molecule has 0 fully saturated rings. The Labute approximate surface area is 128 Å². The van der Waals surface area contributed by atoms with Gasteiger partial charge in [-0.3, -0.25) is 0 Å². The molecular formula is C17H23NO2S. The number of benzene rings is 1. The van der Waals surface area contributed by atoms with Crippen molar-refractivity contribution in [1.82, 2.24) is 4.31 Å². The Bertz CT molecular complexity index is 613. The van der Waals surface area contributed by atoms with Gasteiger partial charge in [0, 0.05) is 12.6 Å². The lowest BCUT2D eigenvalue weighted by molar-refractivity contribution is 0.408. The topological polar surface area (TPSA) is 37.4 Å². The highest BCUT2D eigenvalue weighted by atomic mass is 32.2. The van der Waals surface area contributed by atoms with Crippen LogP contribution in [0.25, 0.3) is 0 Å². The number of nitrogens with zero attached hydrogens (tertiary/aromatic N) is 1. The molecule has 1 aromatic rings. The Morgan fingerprint density at radius 2 is 1.86 bits per heavy atom. The average molecular weight is 305 g/mol. The Morgan fingerprint density at radius 1 is 1.24 bits per heavy atom. The molecule has 0 aliphatic heterocycles. The molecule has 4 heteroatoms. The van der Waals surface area contributed by atoms with Crippen molar-refractivity contribution in [2.75, 3.05) is 6.54 Å². The average Bonchev–Trinajstić information content (AvgIpc) is 2.46. The smallest absolute Gasteiger partial charge is 0.207 e. The number of hydrogen-bond acceptors (Lipinski definition) is 2. The third-order valence-corrected chi connectivity index (χ3v) is 5.11. The van der Waals surface area contributed by atoms with Crippen molar-refractivity contribution in [3.8, 4) is 0 Å². The van der Waals surface area contributed by atoms with Crippen LogP contribution in [0.2, 0.25) is 0 Å². The Hall–Kier alpha value is -1.65. The molecule has 0 amide bonds. The summed E-state index contributed by atoms with van der Waals surface area (Å²) in [6.07, 6.45) is 9.07. The monoisotopic (exact) mass is 305 g/mol. The molecule has 0 aromatic heterocycles. The quantitative estimate of drug-likeness (QED) is 0.569. The molecule has 0 saturated carbocycles. The second kappa shape index (κ2) is 7.96. The number of rotatable bonds is 7. The second-order valence-electron chi connectivity index (χ2n) is 4.82. The highest BCUT2D eigenvalue weighted by molar-refractivity contribution is 7.89. The molecule has 1 unspecified atom stereocenters. The van der Waals surface area contributed by atoms with Crippen molar-refractivity contribution in [2.24, 2.45) is 0 Å². The molecule has 114 valence electrons. The zero-order valence-corrected chi connectivity index (χ0v) is 13.7. The van der Waals surface area contributed by atoms with Gasteiger partial charge in [0.1, 0.15) is 0 Å². The molecule has 0 aliphatic rings. The molecule has 0 N–H and O–H groups in total. The molecule has 0 saturated heterocycles. The molecule has 0 bridgehead atoms. The fourth-order valence-corrected chi connectivity index (χ4v) is 3.36. The van der Waals surface area contributed by atoms with E-state index in [1.807, 2.05) is 45.1 Å². The van der Waals surface area contributed by atoms with Gasteiger partial charge < -0.3 is 0 Å². The minimum atomic E-state index is -3.53. The molecule has 0 aliphatic carbocycles. The maximum atomic E-state index is 12.7. The van der Waals surface area contributed by atoms with Gasteiger partial charge in [0.15, 0.2) is 0 Å². The maximum absolute atomic E-state index is 12.7. The summed E-state index contributed by atoms with van der Waals surface area (Å²) >= 11 is 0. The molecule has 0 radical (unpaired) electrons. The predicted molar refractivity (Wildman–Crippen MR) is 88.7 cm³/mol. The summed E-state index contributed by atoms with van der Waals surface area (Å²) in [5, 5.41) is 0. The van der Waals surface area contributed by atoms with Crippen LogP contribution in [0.1, 0.15) is 19.4 Å². The van der Waals surface area contributed by atoms with Crippen LogP contribution in [-0.4, -0.2) is 25.3 Å². The first kappa shape index (κ1) is 17.4. The van der Waals surface area contributed by atoms with Crippen molar-refractivity contribution in [3.63, 3.8) is 0 Å². The summed E-state index contributed by atoms with van der Waals surface area (Å²) in [5.74, 6) is 0. The van der Waals surface area contributed by atoms with E-state index in [0.29, 0.717) is 11.4 Å². The number of sulfonamides is 1. The summed E-state index contributed by atoms with van der Waals surface area (Å²) in [5.41, 5.74) is 1.03. The molecule has 0 spiro atoms. The SMILES string of the molecule is C=CC(C)N(C/C=C/C=C/C)S(=O)(=O)c1ccc(C)cc1. The summed E-state index contributed by atoms with van der Waals surface area (Å²) in [6, 6.07) is 6.62. The molecular weight excluding hydrogens is 282 g/mol. The Morgan fingerprint density at radius 3 is 2.38 bits per heavy atom. The van der Waals surface area contributed by atoms with Crippen LogP contribution >= 0.6 is 0 Å². The normalized spacial score (nSPS) is 14.1. The van der Waals surface area contributed by atoms with Gasteiger partial charge in [-0.25, -0.2) is 8.42 Å². The van der Waals surface area contributed by atoms with Gasteiger partial charge in [-0.15, -0.1) is 6.58 Å². The lowest BCUT2D eigenvalue weighted by atomic mass is 10.2. The van der Waals surface area contributed by atoms with Gasteiger partial charge in [0.2, 0.25) is 10.0 Å². The van der Waals surface area contributed by atoms with Crippen LogP contribution in [0.5, 0.6) is 0 Å². The molecule has 3 nitrogen and oxygen atoms in total. The molecule has 21 heavy (non-hydrogen) atoms. The summed E-state index contributed by atoms with van der Waals surface area (Å²) < 4.78 is 26.9. The lowest BCUT2D eigenvalue weighted by Gasteiger charge is -2.25. The molecule has 0 heterocycles. The standard InChI is InChI=1S/C17H23NO2S/c1-5-7-8-9-14-18(16(4)6-2)21(19,20)17-12-10-15(3)11-13-17/h5-13,16H,2,14H2,1,3-4H3/b7-5+,9-8+. The van der Waals surface area contributed by atoms with E-state index in [4.69, 9.17) is 0 Å². The summed E-state index contributed by atoms with van der Waals surface area (Å²) in [6.45, 7) is 9.68. The predicted octanol–water partition coefficient (Wildman–Crippen LogP) is 3.69. The highest BCUT2D eigenvalue weighted by Crippen LogP contribution is 2.19. The zero-order chi connectivity index (χ0) is 15.9. The zero-order valence-electron chi connectivity index (χ0n) is 12.9. The third-order valence-electron chi connectivity index (χ3n) is 3.15. The third kappa shape index (κ3) is 4.69. The van der Waals surface area contributed by atoms with Gasteiger partial charge in [0.05, 0.1) is 4.90 Å². The van der Waals surface area contributed by atoms with Crippen molar-refractivity contribution < 1.29 is 8.42 Å². The largest absolute Gasteiger partial charge is 0.243 e. The number of allylic oxidation sites excluding steroid dienone is 3. The Kier molecular flexibility index (Phi) is 6.59. The minimum Gasteiger partial charge on any atom is -0.207 e. The van der Waals surface area contributed by atoms with E-state index in [1.165, 1.54) is 4.31 Å². The van der Waals surface area contributed by atoms with Gasteiger partial charge >= 0.3 is 0 Å². The van der Waals surface area contributed by atoms with Gasteiger partial charge in [-0.1, -0.05) is 48.1 Å². The van der Waals surface area contributed by atoms with E-state index >= 15 is 0 Å². The second-order valence-corrected chi connectivity index (χ2v) is 6.71. The first-order valence-electron chi connectivity index (χ1n) is 6.92. The number of aryl methyl sites for hydroxylation is 1. The molecule has 1 rings (SSSR count). The van der Waals surface area contributed by atoms with E-state index in [9.17, 15) is 8.42 Å². The van der Waals surface area contributed by atoms with Crippen molar-refractivity contribution in [2.45, 2.75) is 31.7 Å². The van der Waals surface area contributed by atoms with Crippen molar-refractivity contribution in [1.29, 1.82) is 0 Å². The maximum Gasteiger partial charge on any atom is 0.243 e. The van der Waals surface area contributed by atoms with Crippen molar-refractivity contribution >= 4 is 10.0 Å². The van der Waals surface area contributed by atoms with Crippen LogP contribution in [0, 0.1) is 6.92 Å². The van der Waals surface area contributed by atoms with E-state index < -0.39 is 10.0 Å². The van der Waals surface area contributed by atoms with E-state index in [1.54, 1.807) is 30.3 Å². The molecule has 1 aromatic carbocycles. The van der Waals surface area contributed by atoms with Crippen LogP contribution < -0.4 is 0 Å². The minimum absolute atomic E-state index is 0.272. The van der Waals surface area contributed by atoms with E-state index in [-0.39, 0.29) is 6.04 Å². The molecule has 1 atom stereocenters. The highest BCUT2D eigenvalue weighted by Gasteiger charge is 2.26. The van der Waals surface area contributed by atoms with Gasteiger partial charge in [-0.05, 0) is 32.9 Å². The lowest BCUT2D eigenvalue weighted by Crippen LogP contribution is -2.37. The first-order chi connectivity index (χ1) is 9.93. The fourth-order valence-electron chi connectivity index (χ4n) is 1.80. The van der Waals surface area contributed by atoms with Crippen LogP contribution in [0.4, 0.5) is 0 Å². The van der Waals surface area contributed by atoms with Crippen LogP contribution in [0.3, 0.4) is 0 Å². The van der Waals surface area contributed by atoms with Gasteiger partial charge in [-0.2, -0.15) is 4.31 Å². The van der Waals surface area contributed by atoms with Crippen LogP contribution in [0.15, 0.2) is 66.1 Å². The van der Waals surface area contributed by atoms with Gasteiger partial charge in [0.25, 0.3) is 0 Å². The number of hydrogen-bond donors (Lipinski definition) is 0. The summed E-state index contributed by atoms with van der Waals surface area (Å²) in [7, 11) is -3.53. The van der Waals surface area contributed by atoms with E-state index in [2.05, 4.69) is 6.58 Å².